The Balaban J connectivity index is 2.13. The highest BCUT2D eigenvalue weighted by molar-refractivity contribution is 5.90. The van der Waals surface area contributed by atoms with Gasteiger partial charge in [0.25, 0.3) is 0 Å². The van der Waals surface area contributed by atoms with E-state index < -0.39 is 0 Å². The first-order chi connectivity index (χ1) is 8.68. The van der Waals surface area contributed by atoms with E-state index in [1.165, 1.54) is 11.1 Å². The number of ketones is 1. The van der Waals surface area contributed by atoms with Gasteiger partial charge in [0.05, 0.1) is 5.54 Å². The largest absolute Gasteiger partial charge is 0.305 e. The van der Waals surface area contributed by atoms with Crippen LogP contribution in [0, 0.1) is 6.92 Å². The first-order valence-corrected chi connectivity index (χ1v) is 7.01. The number of benzene rings is 1. The van der Waals surface area contributed by atoms with Crippen molar-refractivity contribution in [1.29, 1.82) is 0 Å². The zero-order valence-corrected chi connectivity index (χ0v) is 11.5. The van der Waals surface area contributed by atoms with Crippen molar-refractivity contribution in [3.63, 3.8) is 0 Å². The molecule has 0 spiro atoms. The van der Waals surface area contributed by atoms with Gasteiger partial charge in [-0.3, -0.25) is 4.79 Å². The predicted octanol–water partition coefficient (Wildman–Crippen LogP) is 3.03. The van der Waals surface area contributed by atoms with Gasteiger partial charge < -0.3 is 5.32 Å². The van der Waals surface area contributed by atoms with Crippen LogP contribution in [-0.2, 0) is 11.2 Å². The van der Waals surface area contributed by atoms with Crippen molar-refractivity contribution >= 4 is 5.78 Å². The minimum Gasteiger partial charge on any atom is -0.305 e. The monoisotopic (exact) mass is 245 g/mol. The predicted molar refractivity (Wildman–Crippen MR) is 74.8 cm³/mol. The number of Topliss-reactive ketones (excluding diaryl/α,β-unsaturated/α-hetero) is 1. The van der Waals surface area contributed by atoms with E-state index in [9.17, 15) is 4.79 Å². The average Bonchev–Trinajstić information content (AvgIpc) is 2.82. The smallest absolute Gasteiger partial charge is 0.157 e. The number of hydrogen-bond donors (Lipinski definition) is 1. The van der Waals surface area contributed by atoms with Crippen LogP contribution >= 0.6 is 0 Å². The Morgan fingerprint density at radius 2 is 2.17 bits per heavy atom. The molecule has 1 aromatic carbocycles. The molecule has 1 atom stereocenters. The summed E-state index contributed by atoms with van der Waals surface area (Å²) >= 11 is 0. The molecule has 0 bridgehead atoms. The quantitative estimate of drug-likeness (QED) is 0.864. The van der Waals surface area contributed by atoms with Gasteiger partial charge in [0.15, 0.2) is 5.78 Å². The van der Waals surface area contributed by atoms with Gasteiger partial charge in [-0.15, -0.1) is 0 Å². The highest BCUT2D eigenvalue weighted by Gasteiger charge is 2.39. The second kappa shape index (κ2) is 5.66. The number of carbonyl (C=O) groups excluding carboxylic acids is 1. The molecule has 1 aliphatic heterocycles. The Labute approximate surface area is 110 Å². The summed E-state index contributed by atoms with van der Waals surface area (Å²) in [6, 6.07) is 8.20. The lowest BCUT2D eigenvalue weighted by atomic mass is 9.84. The molecule has 0 aromatic heterocycles. The van der Waals surface area contributed by atoms with Crippen LogP contribution in [-0.4, -0.2) is 17.9 Å². The summed E-state index contributed by atoms with van der Waals surface area (Å²) in [5, 5.41) is 3.46. The molecule has 0 saturated carbocycles. The molecule has 1 aromatic rings. The summed E-state index contributed by atoms with van der Waals surface area (Å²) in [6.45, 7) is 5.22. The molecule has 0 radical (unpaired) electrons. The first-order valence-electron chi connectivity index (χ1n) is 7.01. The highest BCUT2D eigenvalue weighted by Crippen LogP contribution is 2.27. The average molecular weight is 245 g/mol. The fourth-order valence-electron chi connectivity index (χ4n) is 2.97. The molecule has 1 N–H and O–H groups in total. The topological polar surface area (TPSA) is 29.1 Å². The second-order valence-electron chi connectivity index (χ2n) is 5.39. The Hall–Kier alpha value is -1.15. The molecule has 0 amide bonds. The zero-order chi connectivity index (χ0) is 13.0. The molecule has 18 heavy (non-hydrogen) atoms. The summed E-state index contributed by atoms with van der Waals surface area (Å²) in [5.41, 5.74) is 2.15. The third-order valence-corrected chi connectivity index (χ3v) is 4.07. The molecule has 1 heterocycles. The normalized spacial score (nSPS) is 23.2. The minimum absolute atomic E-state index is 0.239. The van der Waals surface area contributed by atoms with E-state index in [2.05, 4.69) is 31.3 Å². The summed E-state index contributed by atoms with van der Waals surface area (Å²) in [7, 11) is 0. The SMILES string of the molecule is CCCC1(C(=O)Cc2ccccc2C)CCCN1. The maximum atomic E-state index is 12.6. The third-order valence-electron chi connectivity index (χ3n) is 4.07. The van der Waals surface area contributed by atoms with E-state index in [1.54, 1.807) is 0 Å². The van der Waals surface area contributed by atoms with E-state index in [0.717, 1.165) is 32.2 Å². The molecule has 0 aliphatic carbocycles. The van der Waals surface area contributed by atoms with E-state index >= 15 is 0 Å². The molecule has 98 valence electrons. The Bertz CT molecular complexity index is 419. The Morgan fingerprint density at radius 1 is 1.39 bits per heavy atom. The van der Waals surface area contributed by atoms with Gasteiger partial charge in [-0.05, 0) is 43.9 Å². The zero-order valence-electron chi connectivity index (χ0n) is 11.5. The van der Waals surface area contributed by atoms with Crippen LogP contribution in [0.25, 0.3) is 0 Å². The lowest BCUT2D eigenvalue weighted by Crippen LogP contribution is -2.48. The van der Waals surface area contributed by atoms with Gasteiger partial charge >= 0.3 is 0 Å². The van der Waals surface area contributed by atoms with Gasteiger partial charge in [0.1, 0.15) is 0 Å². The standard InChI is InChI=1S/C16H23NO/c1-3-9-16(10-6-11-17-16)15(18)12-14-8-5-4-7-13(14)2/h4-5,7-8,17H,3,6,9-12H2,1-2H3. The number of hydrogen-bond acceptors (Lipinski definition) is 2. The van der Waals surface area contributed by atoms with Gasteiger partial charge in [0.2, 0.25) is 0 Å². The molecule has 1 aliphatic rings. The molecule has 1 fully saturated rings. The van der Waals surface area contributed by atoms with E-state index in [1.807, 2.05) is 12.1 Å². The van der Waals surface area contributed by atoms with Crippen molar-refractivity contribution in [2.75, 3.05) is 6.54 Å². The van der Waals surface area contributed by atoms with Gasteiger partial charge in [0, 0.05) is 6.42 Å². The van der Waals surface area contributed by atoms with Crippen molar-refractivity contribution in [3.05, 3.63) is 35.4 Å². The molecule has 1 saturated heterocycles. The molecular weight excluding hydrogens is 222 g/mol. The lowest BCUT2D eigenvalue weighted by molar-refractivity contribution is -0.124. The van der Waals surface area contributed by atoms with Crippen LogP contribution in [0.5, 0.6) is 0 Å². The van der Waals surface area contributed by atoms with E-state index in [-0.39, 0.29) is 5.54 Å². The van der Waals surface area contributed by atoms with Crippen LogP contribution in [0.4, 0.5) is 0 Å². The molecule has 2 heteroatoms. The third kappa shape index (κ3) is 2.64. The van der Waals surface area contributed by atoms with Crippen molar-refractivity contribution in [3.8, 4) is 0 Å². The van der Waals surface area contributed by atoms with Crippen LogP contribution in [0.3, 0.4) is 0 Å². The van der Waals surface area contributed by atoms with E-state index in [0.29, 0.717) is 12.2 Å². The van der Waals surface area contributed by atoms with Crippen molar-refractivity contribution in [2.24, 2.45) is 0 Å². The maximum Gasteiger partial charge on any atom is 0.157 e. The highest BCUT2D eigenvalue weighted by atomic mass is 16.1. The van der Waals surface area contributed by atoms with Crippen molar-refractivity contribution in [2.45, 2.75) is 51.5 Å². The van der Waals surface area contributed by atoms with Crippen molar-refractivity contribution in [1.82, 2.24) is 5.32 Å². The maximum absolute atomic E-state index is 12.6. The summed E-state index contributed by atoms with van der Waals surface area (Å²) in [4.78, 5) is 12.6. The first kappa shape index (κ1) is 13.3. The Morgan fingerprint density at radius 3 is 2.78 bits per heavy atom. The van der Waals surface area contributed by atoms with Crippen molar-refractivity contribution < 1.29 is 4.79 Å². The minimum atomic E-state index is -0.239. The lowest BCUT2D eigenvalue weighted by Gasteiger charge is -2.28. The number of carbonyl (C=O) groups is 1. The van der Waals surface area contributed by atoms with Crippen LogP contribution in [0.1, 0.15) is 43.7 Å². The number of nitrogens with one attached hydrogen (secondary N) is 1. The van der Waals surface area contributed by atoms with Crippen LogP contribution in [0.2, 0.25) is 0 Å². The Kier molecular flexibility index (Phi) is 4.18. The van der Waals surface area contributed by atoms with Crippen LogP contribution < -0.4 is 5.32 Å². The molecule has 1 unspecified atom stereocenters. The molecule has 2 rings (SSSR count). The number of aryl methyl sites for hydroxylation is 1. The van der Waals surface area contributed by atoms with Gasteiger partial charge in [-0.1, -0.05) is 37.6 Å². The fraction of sp³-hybridized carbons (Fsp3) is 0.562. The second-order valence-corrected chi connectivity index (χ2v) is 5.39. The van der Waals surface area contributed by atoms with Crippen LogP contribution in [0.15, 0.2) is 24.3 Å². The van der Waals surface area contributed by atoms with E-state index in [4.69, 9.17) is 0 Å². The van der Waals surface area contributed by atoms with Gasteiger partial charge in [-0.25, -0.2) is 0 Å². The summed E-state index contributed by atoms with van der Waals surface area (Å²) in [5.74, 6) is 0.371. The molecular formula is C16H23NO. The summed E-state index contributed by atoms with van der Waals surface area (Å²) < 4.78 is 0. The fourth-order valence-corrected chi connectivity index (χ4v) is 2.97. The number of rotatable bonds is 5. The molecule has 2 nitrogen and oxygen atoms in total. The summed E-state index contributed by atoms with van der Waals surface area (Å²) in [6.07, 6.45) is 4.73. The van der Waals surface area contributed by atoms with Gasteiger partial charge in [-0.2, -0.15) is 0 Å².